The van der Waals surface area contributed by atoms with E-state index in [1.54, 1.807) is 0 Å². The Balaban J connectivity index is 3.22. The van der Waals surface area contributed by atoms with E-state index >= 15 is 0 Å². The Hall–Kier alpha value is -2.00. The molecule has 0 saturated heterocycles. The normalized spacial score (nSPS) is 13.2. The molecule has 1 aromatic carbocycles. The van der Waals surface area contributed by atoms with Gasteiger partial charge in [-0.25, -0.2) is 0 Å². The molecule has 0 aliphatic heterocycles. The van der Waals surface area contributed by atoms with E-state index in [0.29, 0.717) is 12.1 Å². The maximum Gasteiger partial charge on any atom is 0.470 e. The van der Waals surface area contributed by atoms with E-state index in [9.17, 15) is 35.5 Å². The van der Waals surface area contributed by atoms with Crippen LogP contribution in [0.25, 0.3) is 0 Å². The highest BCUT2D eigenvalue weighted by molar-refractivity contribution is 5.93. The molecular weight excluding hydrogens is 299 g/mol. The van der Waals surface area contributed by atoms with Crippen molar-refractivity contribution in [2.75, 3.05) is 0 Å². The summed E-state index contributed by atoms with van der Waals surface area (Å²) in [6.07, 6.45) is -12.7. The third-order valence-corrected chi connectivity index (χ3v) is 2.11. The first-order valence-electron chi connectivity index (χ1n) is 4.80. The van der Waals surface area contributed by atoms with Gasteiger partial charge in [-0.3, -0.25) is 4.79 Å². The maximum absolute atomic E-state index is 13.2. The Kier molecular flexibility index (Phi) is 3.88. The van der Waals surface area contributed by atoms with Crippen molar-refractivity contribution in [2.24, 2.45) is 5.73 Å². The van der Waals surface area contributed by atoms with Crippen molar-refractivity contribution in [1.29, 1.82) is 0 Å². The quantitative estimate of drug-likeness (QED) is 0.873. The van der Waals surface area contributed by atoms with Crippen LogP contribution in [0.2, 0.25) is 0 Å². The van der Waals surface area contributed by atoms with Crippen molar-refractivity contribution in [3.05, 3.63) is 29.8 Å². The lowest BCUT2D eigenvalue weighted by Crippen LogP contribution is -2.57. The van der Waals surface area contributed by atoms with Crippen molar-refractivity contribution in [1.82, 2.24) is 0 Å². The second-order valence-electron chi connectivity index (χ2n) is 3.58. The minimum Gasteiger partial charge on any atom is -0.444 e. The molecule has 0 spiro atoms. The highest BCUT2D eigenvalue weighted by Crippen LogP contribution is 2.47. The lowest BCUT2D eigenvalue weighted by atomic mass is 10.2. The Morgan fingerprint density at radius 1 is 1.00 bits per heavy atom. The van der Waals surface area contributed by atoms with Crippen molar-refractivity contribution < 1.29 is 40.3 Å². The van der Waals surface area contributed by atoms with Gasteiger partial charge in [-0.05, 0) is 18.2 Å². The van der Waals surface area contributed by atoms with E-state index < -0.39 is 35.4 Å². The molecule has 0 unspecified atom stereocenters. The molecule has 1 rings (SSSR count). The Morgan fingerprint density at radius 2 is 1.50 bits per heavy atom. The van der Waals surface area contributed by atoms with Gasteiger partial charge in [0.25, 0.3) is 0 Å². The summed E-state index contributed by atoms with van der Waals surface area (Å²) in [6.45, 7) is 0. The third-order valence-electron chi connectivity index (χ3n) is 2.11. The number of alkyl halides is 7. The van der Waals surface area contributed by atoms with E-state index in [1.165, 1.54) is 0 Å². The average molecular weight is 305 g/mol. The standard InChI is InChI=1S/C10H6F7NO2/c11-8(9(12,13)14,10(15,16)17)20-6-3-1-2-5(4-6)7(18)19/h1-4H,(H2,18,19). The molecule has 0 aliphatic carbocycles. The molecule has 0 bridgehead atoms. The van der Waals surface area contributed by atoms with Gasteiger partial charge < -0.3 is 10.5 Å². The number of benzene rings is 1. The highest BCUT2D eigenvalue weighted by Gasteiger charge is 2.76. The molecule has 0 radical (unpaired) electrons. The van der Waals surface area contributed by atoms with Gasteiger partial charge in [-0.1, -0.05) is 6.07 Å². The zero-order chi connectivity index (χ0) is 15.8. The summed E-state index contributed by atoms with van der Waals surface area (Å²) in [4.78, 5) is 10.7. The molecule has 1 amide bonds. The highest BCUT2D eigenvalue weighted by atomic mass is 19.4. The fourth-order valence-electron chi connectivity index (χ4n) is 1.15. The van der Waals surface area contributed by atoms with Crippen LogP contribution in [0.1, 0.15) is 10.4 Å². The van der Waals surface area contributed by atoms with E-state index in [2.05, 4.69) is 4.74 Å². The van der Waals surface area contributed by atoms with Gasteiger partial charge in [0, 0.05) is 5.56 Å². The first kappa shape index (κ1) is 16.1. The van der Waals surface area contributed by atoms with E-state index in [1.807, 2.05) is 0 Å². The lowest BCUT2D eigenvalue weighted by Gasteiger charge is -2.30. The molecule has 0 aromatic heterocycles. The van der Waals surface area contributed by atoms with E-state index in [4.69, 9.17) is 5.73 Å². The van der Waals surface area contributed by atoms with Crippen LogP contribution in [-0.4, -0.2) is 24.1 Å². The number of rotatable bonds is 3. The number of hydrogen-bond donors (Lipinski definition) is 1. The molecule has 0 heterocycles. The van der Waals surface area contributed by atoms with Crippen molar-refractivity contribution in [3.63, 3.8) is 0 Å². The number of nitrogens with two attached hydrogens (primary N) is 1. The predicted molar refractivity (Wildman–Crippen MR) is 51.5 cm³/mol. The van der Waals surface area contributed by atoms with Crippen LogP contribution in [0.3, 0.4) is 0 Å². The monoisotopic (exact) mass is 305 g/mol. The Bertz CT molecular complexity index is 495. The lowest BCUT2D eigenvalue weighted by molar-refractivity contribution is -0.405. The number of hydrogen-bond acceptors (Lipinski definition) is 2. The smallest absolute Gasteiger partial charge is 0.444 e. The Labute approximate surface area is 107 Å². The molecule has 0 saturated carbocycles. The van der Waals surface area contributed by atoms with Crippen LogP contribution in [0.5, 0.6) is 5.75 Å². The van der Waals surface area contributed by atoms with Crippen molar-refractivity contribution in [2.45, 2.75) is 18.2 Å². The van der Waals surface area contributed by atoms with Crippen molar-refractivity contribution >= 4 is 5.91 Å². The first-order chi connectivity index (χ1) is 8.88. The number of amides is 1. The second-order valence-corrected chi connectivity index (χ2v) is 3.58. The summed E-state index contributed by atoms with van der Waals surface area (Å²) in [5.74, 6) is -8.16. The summed E-state index contributed by atoms with van der Waals surface area (Å²) in [6, 6.07) is 2.99. The van der Waals surface area contributed by atoms with E-state index in [0.717, 1.165) is 12.1 Å². The van der Waals surface area contributed by atoms with Crippen LogP contribution in [0, 0.1) is 0 Å². The summed E-state index contributed by atoms with van der Waals surface area (Å²) in [5.41, 5.74) is 4.35. The summed E-state index contributed by atoms with van der Waals surface area (Å²) in [7, 11) is 0. The first-order valence-corrected chi connectivity index (χ1v) is 4.80. The van der Waals surface area contributed by atoms with Gasteiger partial charge in [0.15, 0.2) is 0 Å². The topological polar surface area (TPSA) is 52.3 Å². The molecule has 0 aliphatic rings. The molecule has 2 N–H and O–H groups in total. The van der Waals surface area contributed by atoms with Crippen LogP contribution in [0.15, 0.2) is 24.3 Å². The molecule has 10 heteroatoms. The SMILES string of the molecule is NC(=O)c1cccc(OC(F)(C(F)(F)F)C(F)(F)F)c1. The minimum absolute atomic E-state index is 0.436. The number of carbonyl (C=O) groups is 1. The molecule has 1 aromatic rings. The zero-order valence-corrected chi connectivity index (χ0v) is 9.35. The van der Waals surface area contributed by atoms with Crippen LogP contribution in [0.4, 0.5) is 30.7 Å². The molecule has 0 atom stereocenters. The van der Waals surface area contributed by atoms with Crippen LogP contribution in [-0.2, 0) is 0 Å². The van der Waals surface area contributed by atoms with Crippen LogP contribution >= 0.6 is 0 Å². The zero-order valence-electron chi connectivity index (χ0n) is 9.35. The van der Waals surface area contributed by atoms with E-state index in [-0.39, 0.29) is 0 Å². The third kappa shape index (κ3) is 2.94. The molecule has 112 valence electrons. The van der Waals surface area contributed by atoms with Gasteiger partial charge in [0.05, 0.1) is 0 Å². The van der Waals surface area contributed by atoms with Gasteiger partial charge in [0.1, 0.15) is 5.75 Å². The van der Waals surface area contributed by atoms with Gasteiger partial charge >= 0.3 is 18.2 Å². The number of carbonyl (C=O) groups excluding carboxylic acids is 1. The fourth-order valence-corrected chi connectivity index (χ4v) is 1.15. The van der Waals surface area contributed by atoms with Gasteiger partial charge in [-0.15, -0.1) is 0 Å². The van der Waals surface area contributed by atoms with Gasteiger partial charge in [0.2, 0.25) is 5.91 Å². The molecular formula is C10H6F7NO2. The largest absolute Gasteiger partial charge is 0.470 e. The van der Waals surface area contributed by atoms with Gasteiger partial charge in [-0.2, -0.15) is 30.7 Å². The Morgan fingerprint density at radius 3 is 1.90 bits per heavy atom. The summed E-state index contributed by atoms with van der Waals surface area (Å²) in [5, 5.41) is 0. The second kappa shape index (κ2) is 4.84. The molecule has 20 heavy (non-hydrogen) atoms. The summed E-state index contributed by atoms with van der Waals surface area (Å²) < 4.78 is 90.0. The molecule has 0 fully saturated rings. The maximum atomic E-state index is 13.2. The van der Waals surface area contributed by atoms with Crippen molar-refractivity contribution in [3.8, 4) is 5.75 Å². The van der Waals surface area contributed by atoms with Crippen LogP contribution < -0.4 is 10.5 Å². The number of halogens is 7. The number of ether oxygens (including phenoxy) is 1. The summed E-state index contributed by atoms with van der Waals surface area (Å²) >= 11 is 0. The molecule has 3 nitrogen and oxygen atoms in total. The fraction of sp³-hybridized carbons (Fsp3) is 0.300. The minimum atomic E-state index is -6.35. The number of primary amides is 1. The average Bonchev–Trinajstić information content (AvgIpc) is 2.26. The predicted octanol–water partition coefficient (Wildman–Crippen LogP) is 2.95.